The Balaban J connectivity index is 0.834. The first-order valence-electron chi connectivity index (χ1n) is 20.6. The summed E-state index contributed by atoms with van der Waals surface area (Å²) in [5, 5.41) is 77.0. The molecule has 8 aliphatic rings. The normalized spacial score (nSPS) is 55.5. The molecule has 4 unspecified atom stereocenters. The standard InChI is InChI=1S/C40H62O15/c1-18-34(46)25(41)13-30(50-18)53-35-19(2)51-31(14-26(35)42)54-36-27(43)15-32(55-37(36)47)52-22-7-9-38(3)21(12-22)5-6-24-23(38)8-10-39(4)33(20-11-29(45)49-17-20)28(44)16-40(24,39)48/h11,18-19,21-28,30-37,41-44,46-48H,5-10,12-17H2,1-4H3/t18-,19-,21+,22+,23?,24?,25+,26+,27+,28?,30?,31-,32+,33+,34-,35+,36-,37+,38-,39-,40+/m1/s1. The molecule has 15 heteroatoms. The molecular weight excluding hydrogens is 720 g/mol. The Hall–Kier alpha value is -1.31. The van der Waals surface area contributed by atoms with Gasteiger partial charge >= 0.3 is 5.97 Å². The molecule has 4 aliphatic carbocycles. The van der Waals surface area contributed by atoms with Gasteiger partial charge in [0.05, 0.1) is 48.3 Å². The van der Waals surface area contributed by atoms with Gasteiger partial charge in [-0.1, -0.05) is 13.8 Å². The Morgan fingerprint density at radius 1 is 0.709 bits per heavy atom. The Morgan fingerprint density at radius 2 is 1.36 bits per heavy atom. The third-order valence-corrected chi connectivity index (χ3v) is 15.6. The first kappa shape index (κ1) is 40.5. The summed E-state index contributed by atoms with van der Waals surface area (Å²) in [7, 11) is 0. The van der Waals surface area contributed by atoms with Gasteiger partial charge in [-0.25, -0.2) is 4.79 Å². The van der Waals surface area contributed by atoms with Gasteiger partial charge in [0.2, 0.25) is 0 Å². The number of hydrogen-bond acceptors (Lipinski definition) is 15. The maximum Gasteiger partial charge on any atom is 0.331 e. The predicted molar refractivity (Wildman–Crippen MR) is 189 cm³/mol. The smallest absolute Gasteiger partial charge is 0.331 e. The average Bonchev–Trinajstić information content (AvgIpc) is 3.62. The van der Waals surface area contributed by atoms with Gasteiger partial charge in [-0.15, -0.1) is 0 Å². The maximum absolute atomic E-state index is 12.5. The second-order valence-electron chi connectivity index (χ2n) is 18.6. The summed E-state index contributed by atoms with van der Waals surface area (Å²) in [4.78, 5) is 11.9. The molecular formula is C40H62O15. The lowest BCUT2D eigenvalue weighted by atomic mass is 9.43. The molecule has 4 aliphatic heterocycles. The van der Waals surface area contributed by atoms with Crippen LogP contribution in [0.4, 0.5) is 0 Å². The Bertz CT molecular complexity index is 1410. The van der Waals surface area contributed by atoms with Crippen molar-refractivity contribution in [3.8, 4) is 0 Å². The van der Waals surface area contributed by atoms with Gasteiger partial charge in [-0.3, -0.25) is 0 Å². The fourth-order valence-electron chi connectivity index (χ4n) is 12.6. The molecule has 4 heterocycles. The summed E-state index contributed by atoms with van der Waals surface area (Å²) in [5.41, 5.74) is -0.805. The van der Waals surface area contributed by atoms with E-state index in [1.54, 1.807) is 13.8 Å². The number of carbonyl (C=O) groups excluding carboxylic acids is 1. The number of cyclic esters (lactones) is 1. The minimum absolute atomic E-state index is 0.00569. The summed E-state index contributed by atoms with van der Waals surface area (Å²) < 4.78 is 41.0. The van der Waals surface area contributed by atoms with Crippen LogP contribution in [0.5, 0.6) is 0 Å². The number of carbonyl (C=O) groups is 1. The SMILES string of the molecule is C[C@H]1OC(O[C@@H]2[C@@H](O)C[C@@H](O[C@@H]3[C@@H](O)C[C@@H](O[C@H]4CC[C@@]5(C)C6CC[C@]7(C)[C@@H](C8=CC(=O)OC8)C(O)C[C@]7(O)C6CC[C@H]5C4)O[C@@H]3O)O[C@@H]2C)C[C@H](O)[C@@H]1O. The molecule has 55 heavy (non-hydrogen) atoms. The van der Waals surface area contributed by atoms with E-state index in [2.05, 4.69) is 13.8 Å². The van der Waals surface area contributed by atoms with Crippen LogP contribution < -0.4 is 0 Å². The van der Waals surface area contributed by atoms with E-state index < -0.39 is 91.1 Å². The van der Waals surface area contributed by atoms with E-state index in [1.807, 2.05) is 0 Å². The van der Waals surface area contributed by atoms with E-state index >= 15 is 0 Å². The van der Waals surface area contributed by atoms with Crippen LogP contribution in [0.2, 0.25) is 0 Å². The topological polar surface area (TPSA) is 223 Å². The summed E-state index contributed by atoms with van der Waals surface area (Å²) in [6.45, 7) is 7.97. The van der Waals surface area contributed by atoms with Crippen molar-refractivity contribution in [1.82, 2.24) is 0 Å². The summed E-state index contributed by atoms with van der Waals surface area (Å²) in [6, 6.07) is 0. The number of aliphatic hydroxyl groups excluding tert-OH is 6. The van der Waals surface area contributed by atoms with Gasteiger partial charge < -0.3 is 68.9 Å². The summed E-state index contributed by atoms with van der Waals surface area (Å²) in [6.07, 6.45) is -4.56. The minimum atomic E-state index is -1.50. The molecule has 0 bridgehead atoms. The van der Waals surface area contributed by atoms with Gasteiger partial charge in [0.15, 0.2) is 25.2 Å². The Morgan fingerprint density at radius 3 is 2.02 bits per heavy atom. The second kappa shape index (κ2) is 15.1. The van der Waals surface area contributed by atoms with Gasteiger partial charge in [-0.2, -0.15) is 0 Å². The molecule has 0 aromatic rings. The van der Waals surface area contributed by atoms with Crippen molar-refractivity contribution >= 4 is 5.97 Å². The molecule has 0 amide bonds. The van der Waals surface area contributed by atoms with Crippen LogP contribution in [0, 0.1) is 34.5 Å². The molecule has 0 aromatic carbocycles. The van der Waals surface area contributed by atoms with Crippen LogP contribution in [-0.2, 0) is 38.0 Å². The summed E-state index contributed by atoms with van der Waals surface area (Å²) >= 11 is 0. The summed E-state index contributed by atoms with van der Waals surface area (Å²) in [5.74, 6) is 0.00441. The van der Waals surface area contributed by atoms with E-state index in [4.69, 9.17) is 33.2 Å². The van der Waals surface area contributed by atoms with E-state index in [9.17, 15) is 40.5 Å². The lowest BCUT2D eigenvalue weighted by Crippen LogP contribution is -2.62. The molecule has 0 spiro atoms. The fraction of sp³-hybridized carbons (Fsp3) is 0.925. The van der Waals surface area contributed by atoms with Gasteiger partial charge in [-0.05, 0) is 87.5 Å². The van der Waals surface area contributed by atoms with Crippen molar-refractivity contribution in [2.45, 2.75) is 190 Å². The highest BCUT2D eigenvalue weighted by Crippen LogP contribution is 2.70. The molecule has 21 atom stereocenters. The Kier molecular flexibility index (Phi) is 11.1. The van der Waals surface area contributed by atoms with Crippen LogP contribution in [0.3, 0.4) is 0 Å². The van der Waals surface area contributed by atoms with Gasteiger partial charge in [0.1, 0.15) is 24.9 Å². The van der Waals surface area contributed by atoms with Crippen molar-refractivity contribution < 1.29 is 73.7 Å². The fourth-order valence-corrected chi connectivity index (χ4v) is 12.6. The lowest BCUT2D eigenvalue weighted by molar-refractivity contribution is -0.361. The van der Waals surface area contributed by atoms with E-state index in [-0.39, 0.29) is 61.1 Å². The highest BCUT2D eigenvalue weighted by molar-refractivity contribution is 5.85. The van der Waals surface area contributed by atoms with Crippen molar-refractivity contribution in [2.24, 2.45) is 34.5 Å². The zero-order valence-corrected chi connectivity index (χ0v) is 32.4. The number of esters is 1. The van der Waals surface area contributed by atoms with Crippen LogP contribution >= 0.6 is 0 Å². The van der Waals surface area contributed by atoms with Gasteiger partial charge in [0.25, 0.3) is 0 Å². The molecule has 15 nitrogen and oxygen atoms in total. The molecule has 4 saturated carbocycles. The van der Waals surface area contributed by atoms with Crippen LogP contribution in [0.25, 0.3) is 0 Å². The van der Waals surface area contributed by atoms with Crippen molar-refractivity contribution in [3.63, 3.8) is 0 Å². The molecule has 7 N–H and O–H groups in total. The molecule has 3 saturated heterocycles. The number of ether oxygens (including phenoxy) is 7. The number of rotatable bonds is 7. The maximum atomic E-state index is 12.5. The van der Waals surface area contributed by atoms with Crippen LogP contribution in [0.1, 0.15) is 98.3 Å². The third-order valence-electron chi connectivity index (χ3n) is 15.6. The number of aliphatic hydroxyl groups is 7. The van der Waals surface area contributed by atoms with Crippen molar-refractivity contribution in [3.05, 3.63) is 11.6 Å². The lowest BCUT2D eigenvalue weighted by Gasteiger charge is -2.63. The average molecular weight is 783 g/mol. The first-order chi connectivity index (χ1) is 26.0. The quantitative estimate of drug-likeness (QED) is 0.142. The van der Waals surface area contributed by atoms with Crippen molar-refractivity contribution in [1.29, 1.82) is 0 Å². The van der Waals surface area contributed by atoms with E-state index in [0.29, 0.717) is 12.3 Å². The monoisotopic (exact) mass is 782 g/mol. The van der Waals surface area contributed by atoms with Crippen molar-refractivity contribution in [2.75, 3.05) is 6.61 Å². The highest BCUT2D eigenvalue weighted by Gasteiger charge is 2.70. The Labute approximate surface area is 322 Å². The molecule has 8 rings (SSSR count). The second-order valence-corrected chi connectivity index (χ2v) is 18.6. The zero-order valence-electron chi connectivity index (χ0n) is 32.4. The largest absolute Gasteiger partial charge is 0.458 e. The molecule has 7 fully saturated rings. The van der Waals surface area contributed by atoms with Gasteiger partial charge in [0, 0.05) is 43.1 Å². The number of fused-ring (bicyclic) bond motifs is 5. The number of hydrogen-bond donors (Lipinski definition) is 7. The van der Waals surface area contributed by atoms with E-state index in [1.165, 1.54) is 6.08 Å². The molecule has 312 valence electrons. The van der Waals surface area contributed by atoms with E-state index in [0.717, 1.165) is 50.5 Å². The molecule has 0 aromatic heterocycles. The third kappa shape index (κ3) is 7.04. The van der Waals surface area contributed by atoms with Crippen LogP contribution in [0.15, 0.2) is 11.6 Å². The minimum Gasteiger partial charge on any atom is -0.458 e. The van der Waals surface area contributed by atoms with Crippen LogP contribution in [-0.4, -0.2) is 140 Å². The predicted octanol–water partition coefficient (Wildman–Crippen LogP) is 1.15. The highest BCUT2D eigenvalue weighted by atomic mass is 16.8. The molecule has 0 radical (unpaired) electrons. The first-order valence-corrected chi connectivity index (χ1v) is 20.6. The zero-order chi connectivity index (χ0) is 39.2.